The fraction of sp³-hybridized carbons (Fsp3) is 0.318. The molecular weight excluding hydrogens is 380 g/mol. The molecule has 0 saturated carbocycles. The van der Waals surface area contributed by atoms with Crippen LogP contribution < -0.4 is 9.80 Å². The number of rotatable bonds is 3. The van der Waals surface area contributed by atoms with E-state index < -0.39 is 0 Å². The molecule has 30 heavy (non-hydrogen) atoms. The lowest BCUT2D eigenvalue weighted by Gasteiger charge is -2.35. The Labute approximate surface area is 174 Å². The van der Waals surface area contributed by atoms with E-state index in [4.69, 9.17) is 4.98 Å². The summed E-state index contributed by atoms with van der Waals surface area (Å²) in [6, 6.07) is 9.03. The summed E-state index contributed by atoms with van der Waals surface area (Å²) in [5.74, 6) is 1.57. The number of Topliss-reactive ketones (excluding diaryl/α,β-unsaturated/α-hetero) is 1. The van der Waals surface area contributed by atoms with Crippen molar-refractivity contribution < 1.29 is 9.90 Å². The minimum absolute atomic E-state index is 0.0297. The largest absolute Gasteiger partial charge is 0.508 e. The number of phenolic OH excluding ortho intramolecular Hbond substituents is 1. The third-order valence-electron chi connectivity index (χ3n) is 5.80. The number of fused-ring (bicyclic) bond motifs is 1. The maximum Gasteiger partial charge on any atom is 0.225 e. The summed E-state index contributed by atoms with van der Waals surface area (Å²) in [5.41, 5.74) is 2.16. The number of nitrogens with zero attached hydrogens (tertiary/aromatic N) is 6. The monoisotopic (exact) mass is 402 g/mol. The first-order chi connectivity index (χ1) is 14.7. The second-order valence-electron chi connectivity index (χ2n) is 7.64. The first-order valence-electron chi connectivity index (χ1n) is 10.1. The van der Waals surface area contributed by atoms with E-state index in [0.717, 1.165) is 43.4 Å². The minimum Gasteiger partial charge on any atom is -0.508 e. The highest BCUT2D eigenvalue weighted by Gasteiger charge is 2.30. The number of benzene rings is 1. The van der Waals surface area contributed by atoms with Crippen molar-refractivity contribution in [1.82, 2.24) is 19.9 Å². The Morgan fingerprint density at radius 1 is 0.867 bits per heavy atom. The van der Waals surface area contributed by atoms with E-state index in [0.29, 0.717) is 24.4 Å². The van der Waals surface area contributed by atoms with Gasteiger partial charge in [0.2, 0.25) is 11.9 Å². The number of phenols is 1. The number of aromatic nitrogens is 4. The van der Waals surface area contributed by atoms with Gasteiger partial charge in [0.1, 0.15) is 5.75 Å². The van der Waals surface area contributed by atoms with Gasteiger partial charge in [0.25, 0.3) is 0 Å². The Kier molecular flexibility index (Phi) is 4.74. The van der Waals surface area contributed by atoms with E-state index in [9.17, 15) is 9.90 Å². The van der Waals surface area contributed by atoms with E-state index in [1.807, 2.05) is 18.2 Å². The number of para-hydroxylation sites is 1. The van der Waals surface area contributed by atoms with Crippen LogP contribution >= 0.6 is 0 Å². The molecular formula is C22H22N6O2. The van der Waals surface area contributed by atoms with Crippen LogP contribution in [0.5, 0.6) is 5.75 Å². The van der Waals surface area contributed by atoms with Gasteiger partial charge >= 0.3 is 0 Å². The molecule has 8 heteroatoms. The quantitative estimate of drug-likeness (QED) is 0.713. The molecule has 152 valence electrons. The van der Waals surface area contributed by atoms with Gasteiger partial charge in [-0.1, -0.05) is 18.2 Å². The minimum atomic E-state index is -0.0685. The van der Waals surface area contributed by atoms with Gasteiger partial charge in [0, 0.05) is 57.1 Å². The van der Waals surface area contributed by atoms with Gasteiger partial charge in [-0.05, 0) is 24.1 Å². The van der Waals surface area contributed by atoms with E-state index >= 15 is 0 Å². The Bertz CT molecular complexity index is 1070. The van der Waals surface area contributed by atoms with E-state index in [-0.39, 0.29) is 17.5 Å². The third-order valence-corrected chi connectivity index (χ3v) is 5.80. The first kappa shape index (κ1) is 18.5. The van der Waals surface area contributed by atoms with Crippen LogP contribution in [-0.4, -0.2) is 57.0 Å². The lowest BCUT2D eigenvalue weighted by Crippen LogP contribution is -2.47. The standard InChI is InChI=1S/C22H22N6O2/c29-19-5-2-1-4-16(19)15-12-18-17(20(30)13-15)14-25-22(26-18)28-10-8-27(9-11-28)21-23-6-3-7-24-21/h1-7,14-15,29H,8-13H2/t15-/m0/s1. The molecule has 1 aromatic carbocycles. The highest BCUT2D eigenvalue weighted by molar-refractivity contribution is 5.98. The van der Waals surface area contributed by atoms with Crippen molar-refractivity contribution in [1.29, 1.82) is 0 Å². The molecule has 0 radical (unpaired) electrons. The van der Waals surface area contributed by atoms with Crippen molar-refractivity contribution in [2.75, 3.05) is 36.0 Å². The van der Waals surface area contributed by atoms with Gasteiger partial charge in [0.15, 0.2) is 5.78 Å². The molecule has 2 aromatic heterocycles. The average molecular weight is 402 g/mol. The van der Waals surface area contributed by atoms with Crippen molar-refractivity contribution in [2.24, 2.45) is 0 Å². The molecule has 3 aromatic rings. The van der Waals surface area contributed by atoms with Crippen LogP contribution in [0.1, 0.15) is 34.0 Å². The lowest BCUT2D eigenvalue weighted by atomic mass is 9.82. The normalized spacial score (nSPS) is 18.9. The van der Waals surface area contributed by atoms with Crippen LogP contribution in [-0.2, 0) is 6.42 Å². The number of hydrogen-bond acceptors (Lipinski definition) is 8. The van der Waals surface area contributed by atoms with Gasteiger partial charge in [0.05, 0.1) is 11.3 Å². The molecule has 1 aliphatic carbocycles. The van der Waals surface area contributed by atoms with Crippen molar-refractivity contribution in [3.05, 3.63) is 65.7 Å². The van der Waals surface area contributed by atoms with Crippen molar-refractivity contribution in [3.8, 4) is 5.75 Å². The Hall–Kier alpha value is -3.55. The molecule has 8 nitrogen and oxygen atoms in total. The average Bonchev–Trinajstić information content (AvgIpc) is 2.80. The predicted molar refractivity (Wildman–Crippen MR) is 112 cm³/mol. The van der Waals surface area contributed by atoms with Crippen LogP contribution in [0.2, 0.25) is 0 Å². The van der Waals surface area contributed by atoms with Crippen LogP contribution in [0.15, 0.2) is 48.9 Å². The summed E-state index contributed by atoms with van der Waals surface area (Å²) in [6.07, 6.45) is 6.14. The second-order valence-corrected chi connectivity index (χ2v) is 7.64. The Morgan fingerprint density at radius 3 is 2.30 bits per heavy atom. The molecule has 3 heterocycles. The number of piperazine rings is 1. The smallest absolute Gasteiger partial charge is 0.225 e. The third kappa shape index (κ3) is 3.45. The zero-order valence-corrected chi connectivity index (χ0v) is 16.5. The fourth-order valence-corrected chi connectivity index (χ4v) is 4.20. The highest BCUT2D eigenvalue weighted by atomic mass is 16.3. The van der Waals surface area contributed by atoms with Gasteiger partial charge in [-0.25, -0.2) is 19.9 Å². The van der Waals surface area contributed by atoms with Gasteiger partial charge < -0.3 is 14.9 Å². The zero-order valence-electron chi connectivity index (χ0n) is 16.5. The van der Waals surface area contributed by atoms with Crippen LogP contribution in [0.3, 0.4) is 0 Å². The first-order valence-corrected chi connectivity index (χ1v) is 10.1. The van der Waals surface area contributed by atoms with Gasteiger partial charge in [-0.2, -0.15) is 0 Å². The molecule has 2 aliphatic rings. The molecule has 0 unspecified atom stereocenters. The lowest BCUT2D eigenvalue weighted by molar-refractivity contribution is 0.0962. The van der Waals surface area contributed by atoms with Crippen molar-refractivity contribution in [2.45, 2.75) is 18.8 Å². The summed E-state index contributed by atoms with van der Waals surface area (Å²) in [7, 11) is 0. The molecule has 5 rings (SSSR count). The molecule has 1 fully saturated rings. The molecule has 0 bridgehead atoms. The zero-order chi connectivity index (χ0) is 20.5. The number of aromatic hydroxyl groups is 1. The number of ketones is 1. The SMILES string of the molecule is O=C1C[C@@H](c2ccccc2O)Cc2nc(N3CCN(c4ncccn4)CC3)ncc21. The molecule has 0 spiro atoms. The number of carbonyl (C=O) groups is 1. The summed E-state index contributed by atoms with van der Waals surface area (Å²) in [4.78, 5) is 34.8. The highest BCUT2D eigenvalue weighted by Crippen LogP contribution is 2.36. The summed E-state index contributed by atoms with van der Waals surface area (Å²) < 4.78 is 0. The van der Waals surface area contributed by atoms with Crippen molar-refractivity contribution >= 4 is 17.7 Å². The van der Waals surface area contributed by atoms with E-state index in [2.05, 4.69) is 24.8 Å². The summed E-state index contributed by atoms with van der Waals surface area (Å²) >= 11 is 0. The predicted octanol–water partition coefficient (Wildman–Crippen LogP) is 2.21. The topological polar surface area (TPSA) is 95.3 Å². The number of anilines is 2. The maximum absolute atomic E-state index is 12.7. The fourth-order valence-electron chi connectivity index (χ4n) is 4.20. The Morgan fingerprint density at radius 2 is 1.57 bits per heavy atom. The molecule has 1 N–H and O–H groups in total. The van der Waals surface area contributed by atoms with Crippen LogP contribution in [0, 0.1) is 0 Å². The second kappa shape index (κ2) is 7.70. The number of carbonyl (C=O) groups excluding carboxylic acids is 1. The molecule has 1 atom stereocenters. The van der Waals surface area contributed by atoms with Crippen LogP contribution in [0.25, 0.3) is 0 Å². The van der Waals surface area contributed by atoms with E-state index in [1.165, 1.54) is 0 Å². The summed E-state index contributed by atoms with van der Waals surface area (Å²) in [6.45, 7) is 3.08. The van der Waals surface area contributed by atoms with Crippen molar-refractivity contribution in [3.63, 3.8) is 0 Å². The molecule has 1 aliphatic heterocycles. The van der Waals surface area contributed by atoms with Crippen LogP contribution in [0.4, 0.5) is 11.9 Å². The van der Waals surface area contributed by atoms with Gasteiger partial charge in [-0.15, -0.1) is 0 Å². The molecule has 1 saturated heterocycles. The maximum atomic E-state index is 12.7. The van der Waals surface area contributed by atoms with Gasteiger partial charge in [-0.3, -0.25) is 4.79 Å². The Balaban J connectivity index is 1.34. The number of hydrogen-bond donors (Lipinski definition) is 1. The van der Waals surface area contributed by atoms with E-state index in [1.54, 1.807) is 30.7 Å². The summed E-state index contributed by atoms with van der Waals surface area (Å²) in [5, 5.41) is 10.2. The molecule has 0 amide bonds.